The van der Waals surface area contributed by atoms with Crippen LogP contribution in [0.2, 0.25) is 0 Å². The van der Waals surface area contributed by atoms with Gasteiger partial charge in [-0.3, -0.25) is 14.5 Å². The number of nitrogens with zero attached hydrogens (tertiary/aromatic N) is 3. The van der Waals surface area contributed by atoms with E-state index < -0.39 is 15.9 Å². The van der Waals surface area contributed by atoms with Gasteiger partial charge in [0.15, 0.2) is 6.61 Å². The van der Waals surface area contributed by atoms with Crippen molar-refractivity contribution < 1.29 is 17.9 Å². The lowest BCUT2D eigenvalue weighted by Gasteiger charge is -2.08. The summed E-state index contributed by atoms with van der Waals surface area (Å²) in [5, 5.41) is 4.10. The van der Waals surface area contributed by atoms with Crippen LogP contribution >= 0.6 is 0 Å². The Morgan fingerprint density at radius 3 is 2.50 bits per heavy atom. The van der Waals surface area contributed by atoms with Crippen molar-refractivity contribution >= 4 is 15.9 Å². The van der Waals surface area contributed by atoms with Crippen molar-refractivity contribution in [2.45, 2.75) is 11.4 Å². The van der Waals surface area contributed by atoms with Crippen molar-refractivity contribution in [2.75, 3.05) is 6.61 Å². The summed E-state index contributed by atoms with van der Waals surface area (Å²) in [5.74, 6) is -0.255. The Morgan fingerprint density at radius 1 is 1.18 bits per heavy atom. The van der Waals surface area contributed by atoms with E-state index in [4.69, 9.17) is 10.5 Å². The average molecular weight is 401 g/mol. The van der Waals surface area contributed by atoms with Crippen LogP contribution in [0.4, 0.5) is 0 Å². The number of ether oxygens (including phenoxy) is 1. The van der Waals surface area contributed by atoms with Crippen molar-refractivity contribution in [3.63, 3.8) is 0 Å². The number of aromatic nitrogens is 3. The van der Waals surface area contributed by atoms with Crippen LogP contribution in [0.15, 0.2) is 59.9 Å². The molecule has 0 aliphatic carbocycles. The Kier molecular flexibility index (Phi) is 5.71. The molecule has 2 heterocycles. The highest BCUT2D eigenvalue weighted by molar-refractivity contribution is 7.89. The zero-order valence-corrected chi connectivity index (χ0v) is 15.9. The van der Waals surface area contributed by atoms with Gasteiger partial charge in [0.2, 0.25) is 10.0 Å². The third kappa shape index (κ3) is 4.93. The largest absolute Gasteiger partial charge is 0.484 e. The highest BCUT2D eigenvalue weighted by Crippen LogP contribution is 2.17. The Labute approximate surface area is 162 Å². The predicted octanol–water partition coefficient (Wildman–Crippen LogP) is 0.825. The number of nitrogens with one attached hydrogen (secondary N) is 1. The molecule has 0 aliphatic rings. The van der Waals surface area contributed by atoms with Crippen LogP contribution in [-0.2, 0) is 28.4 Å². The number of pyridine rings is 1. The number of sulfonamides is 1. The maximum Gasteiger partial charge on any atom is 0.255 e. The van der Waals surface area contributed by atoms with Crippen molar-refractivity contribution in [3.05, 3.63) is 60.6 Å². The number of benzene rings is 1. The molecule has 3 rings (SSSR count). The molecule has 1 aromatic carbocycles. The molecule has 146 valence electrons. The molecule has 0 bridgehead atoms. The highest BCUT2D eigenvalue weighted by Gasteiger charge is 2.14. The molecule has 0 aliphatic heterocycles. The van der Waals surface area contributed by atoms with Crippen LogP contribution in [0.5, 0.6) is 5.75 Å². The van der Waals surface area contributed by atoms with Gasteiger partial charge < -0.3 is 10.5 Å². The first-order chi connectivity index (χ1) is 13.3. The highest BCUT2D eigenvalue weighted by atomic mass is 32.2. The molecule has 28 heavy (non-hydrogen) atoms. The summed E-state index contributed by atoms with van der Waals surface area (Å²) in [4.78, 5) is 15.1. The molecular weight excluding hydrogens is 382 g/mol. The Morgan fingerprint density at radius 2 is 1.93 bits per heavy atom. The number of rotatable bonds is 8. The van der Waals surface area contributed by atoms with E-state index in [1.54, 1.807) is 23.1 Å². The van der Waals surface area contributed by atoms with Crippen molar-refractivity contribution in [2.24, 2.45) is 12.8 Å². The lowest BCUT2D eigenvalue weighted by molar-refractivity contribution is -0.119. The van der Waals surface area contributed by atoms with Crippen LogP contribution in [0.25, 0.3) is 11.3 Å². The van der Waals surface area contributed by atoms with Crippen molar-refractivity contribution in [1.29, 1.82) is 0 Å². The average Bonchev–Trinajstić information content (AvgIpc) is 3.12. The van der Waals surface area contributed by atoms with Crippen LogP contribution in [0.1, 0.15) is 5.56 Å². The molecule has 9 nitrogen and oxygen atoms in total. The number of carbonyl (C=O) groups excluding carboxylic acids is 1. The standard InChI is InChI=1S/C18H19N5O4S/c1-23-11-14(10-21-23)17-7-2-13(8-20-17)9-22-28(25,26)16-5-3-15(4-6-16)27-12-18(19)24/h2-8,10-11,22H,9,12H2,1H3,(H2,19,24). The first kappa shape index (κ1) is 19.5. The SMILES string of the molecule is Cn1cc(-c2ccc(CNS(=O)(=O)c3ccc(OCC(N)=O)cc3)cn2)cn1. The number of hydrogen-bond acceptors (Lipinski definition) is 6. The second kappa shape index (κ2) is 8.19. The molecule has 0 saturated heterocycles. The minimum Gasteiger partial charge on any atom is -0.484 e. The van der Waals surface area contributed by atoms with E-state index in [-0.39, 0.29) is 18.0 Å². The molecule has 2 aromatic heterocycles. The van der Waals surface area contributed by atoms with Gasteiger partial charge >= 0.3 is 0 Å². The van der Waals surface area contributed by atoms with E-state index in [1.807, 2.05) is 19.3 Å². The Bertz CT molecular complexity index is 1060. The summed E-state index contributed by atoms with van der Waals surface area (Å²) in [6.45, 7) is -0.172. The van der Waals surface area contributed by atoms with Gasteiger partial charge in [0, 0.05) is 31.5 Å². The molecular formula is C18H19N5O4S. The number of hydrogen-bond donors (Lipinski definition) is 2. The van der Waals surface area contributed by atoms with Crippen LogP contribution < -0.4 is 15.2 Å². The lowest BCUT2D eigenvalue weighted by atomic mass is 10.2. The molecule has 0 atom stereocenters. The van der Waals surface area contributed by atoms with Gasteiger partial charge in [-0.15, -0.1) is 0 Å². The van der Waals surface area contributed by atoms with Gasteiger partial charge in [0.1, 0.15) is 5.75 Å². The quantitative estimate of drug-likeness (QED) is 0.575. The molecule has 0 fully saturated rings. The molecule has 3 aromatic rings. The fourth-order valence-electron chi connectivity index (χ4n) is 2.38. The molecule has 1 amide bonds. The van der Waals surface area contributed by atoms with Gasteiger partial charge in [-0.2, -0.15) is 5.10 Å². The summed E-state index contributed by atoms with van der Waals surface area (Å²) in [6.07, 6.45) is 5.18. The zero-order valence-electron chi connectivity index (χ0n) is 15.1. The van der Waals surface area contributed by atoms with Gasteiger partial charge in [-0.1, -0.05) is 6.07 Å². The smallest absolute Gasteiger partial charge is 0.255 e. The van der Waals surface area contributed by atoms with E-state index >= 15 is 0 Å². The van der Waals surface area contributed by atoms with E-state index in [9.17, 15) is 13.2 Å². The van der Waals surface area contributed by atoms with Crippen LogP contribution in [0, 0.1) is 0 Å². The first-order valence-corrected chi connectivity index (χ1v) is 9.76. The monoisotopic (exact) mass is 401 g/mol. The van der Waals surface area contributed by atoms with Gasteiger partial charge in [-0.25, -0.2) is 13.1 Å². The summed E-state index contributed by atoms with van der Waals surface area (Å²) >= 11 is 0. The topological polar surface area (TPSA) is 129 Å². The minimum absolute atomic E-state index is 0.0823. The maximum absolute atomic E-state index is 12.4. The number of amides is 1. The normalized spacial score (nSPS) is 11.3. The van der Waals surface area contributed by atoms with Crippen molar-refractivity contribution in [3.8, 4) is 17.0 Å². The van der Waals surface area contributed by atoms with E-state index in [1.165, 1.54) is 24.3 Å². The van der Waals surface area contributed by atoms with Gasteiger partial charge in [0.25, 0.3) is 5.91 Å². The second-order valence-electron chi connectivity index (χ2n) is 6.01. The van der Waals surface area contributed by atoms with Gasteiger partial charge in [-0.05, 0) is 35.9 Å². The third-order valence-corrected chi connectivity index (χ3v) is 5.22. The third-order valence-electron chi connectivity index (χ3n) is 3.81. The summed E-state index contributed by atoms with van der Waals surface area (Å²) in [5.41, 5.74) is 7.36. The fraction of sp³-hybridized carbons (Fsp3) is 0.167. The van der Waals surface area contributed by atoms with Crippen molar-refractivity contribution in [1.82, 2.24) is 19.5 Å². The predicted molar refractivity (Wildman–Crippen MR) is 102 cm³/mol. The number of primary amides is 1. The van der Waals surface area contributed by atoms with E-state index in [2.05, 4.69) is 14.8 Å². The Balaban J connectivity index is 1.62. The van der Waals surface area contributed by atoms with Gasteiger partial charge in [0.05, 0.1) is 16.8 Å². The molecule has 0 unspecified atom stereocenters. The maximum atomic E-state index is 12.4. The second-order valence-corrected chi connectivity index (χ2v) is 7.77. The first-order valence-electron chi connectivity index (χ1n) is 8.28. The molecule has 0 radical (unpaired) electrons. The molecule has 3 N–H and O–H groups in total. The van der Waals surface area contributed by atoms with E-state index in [0.717, 1.165) is 16.8 Å². The number of carbonyl (C=O) groups is 1. The van der Waals surface area contributed by atoms with E-state index in [0.29, 0.717) is 5.75 Å². The molecule has 0 spiro atoms. The molecule has 0 saturated carbocycles. The van der Waals surface area contributed by atoms with Crippen LogP contribution in [-0.4, -0.2) is 35.7 Å². The number of nitrogens with two attached hydrogens (primary N) is 1. The number of aryl methyl sites for hydroxylation is 1. The summed E-state index contributed by atoms with van der Waals surface area (Å²) < 4.78 is 34.2. The summed E-state index contributed by atoms with van der Waals surface area (Å²) in [6, 6.07) is 9.32. The fourth-order valence-corrected chi connectivity index (χ4v) is 3.40. The Hall–Kier alpha value is -3.24. The zero-order chi connectivity index (χ0) is 20.1. The summed E-state index contributed by atoms with van der Waals surface area (Å²) in [7, 11) is -1.88. The molecule has 10 heteroatoms. The lowest BCUT2D eigenvalue weighted by Crippen LogP contribution is -2.23. The minimum atomic E-state index is -3.70. The van der Waals surface area contributed by atoms with Crippen LogP contribution in [0.3, 0.4) is 0 Å².